The Morgan fingerprint density at radius 3 is 1.60 bits per heavy atom. The van der Waals surface area contributed by atoms with Crippen LogP contribution in [0, 0.1) is 5.92 Å². The second kappa shape index (κ2) is 19.3. The number of carboxylic acids is 2. The monoisotopic (exact) mass is 636 g/mol. The molecule has 1 aliphatic rings. The van der Waals surface area contributed by atoms with E-state index in [-0.39, 0.29) is 27.5 Å². The number of hydrogen-bond acceptors (Lipinski definition) is 8. The summed E-state index contributed by atoms with van der Waals surface area (Å²) in [4.78, 5) is 47.7. The van der Waals surface area contributed by atoms with E-state index in [2.05, 4.69) is 18.7 Å². The van der Waals surface area contributed by atoms with E-state index in [1.54, 1.807) is 0 Å². The Morgan fingerprint density at radius 1 is 1.00 bits per heavy atom. The van der Waals surface area contributed by atoms with Crippen molar-refractivity contribution in [2.24, 2.45) is 17.4 Å². The predicted molar refractivity (Wildman–Crippen MR) is 105 cm³/mol. The van der Waals surface area contributed by atoms with Crippen LogP contribution in [0.3, 0.4) is 0 Å². The molecular formula is C17H36N3O8PPt. The van der Waals surface area contributed by atoms with Crippen LogP contribution in [0.25, 0.3) is 0 Å². The van der Waals surface area contributed by atoms with Gasteiger partial charge in [-0.25, -0.2) is 0 Å². The molecule has 13 heteroatoms. The van der Waals surface area contributed by atoms with Gasteiger partial charge in [0.25, 0.3) is 0 Å². The summed E-state index contributed by atoms with van der Waals surface area (Å²) in [6.07, 6.45) is 6.20. The third kappa shape index (κ3) is 23.9. The van der Waals surface area contributed by atoms with Gasteiger partial charge in [-0.15, -0.1) is 0 Å². The van der Waals surface area contributed by atoms with Crippen LogP contribution in [0.15, 0.2) is 0 Å². The van der Waals surface area contributed by atoms with Gasteiger partial charge in [0.1, 0.15) is 0 Å². The zero-order chi connectivity index (χ0) is 23.0. The first-order valence-corrected chi connectivity index (χ1v) is 11.2. The van der Waals surface area contributed by atoms with Gasteiger partial charge < -0.3 is 45.8 Å². The molecule has 0 bridgehead atoms. The molecule has 1 saturated carbocycles. The van der Waals surface area contributed by atoms with Crippen molar-refractivity contribution in [3.8, 4) is 0 Å². The number of nitrogens with zero attached hydrogens (tertiary/aromatic N) is 1. The molecule has 0 radical (unpaired) electrons. The van der Waals surface area contributed by atoms with Crippen molar-refractivity contribution in [1.29, 1.82) is 0 Å². The van der Waals surface area contributed by atoms with E-state index in [4.69, 9.17) is 40.9 Å². The number of carbonyl (C=O) groups is 2. The fourth-order valence-electron chi connectivity index (χ4n) is 2.72. The molecule has 0 aromatic heterocycles. The Balaban J connectivity index is -0.000000431. The number of hydrogen-bond donors (Lipinski definition) is 5. The van der Waals surface area contributed by atoms with Crippen LogP contribution in [0.5, 0.6) is 0 Å². The van der Waals surface area contributed by atoms with Gasteiger partial charge in [0, 0.05) is 12.1 Å². The Kier molecular flexibility index (Phi) is 22.0. The SMILES string of the molecule is CCN(CC)CCCCC(C(=O)O)C(=O)O.N[C@H]1CC[C@@H](N)CC1.O=P([O-])([O-])O.[Pt+2]. The maximum Gasteiger partial charge on any atom is 2.00 e. The van der Waals surface area contributed by atoms with Gasteiger partial charge in [-0.1, -0.05) is 20.3 Å². The Labute approximate surface area is 192 Å². The molecule has 1 aliphatic carbocycles. The first-order chi connectivity index (χ1) is 13.3. The van der Waals surface area contributed by atoms with Crippen molar-refractivity contribution in [2.45, 2.75) is 70.9 Å². The summed E-state index contributed by atoms with van der Waals surface area (Å²) in [5.74, 6) is -3.73. The van der Waals surface area contributed by atoms with Crippen LogP contribution in [0.1, 0.15) is 58.8 Å². The van der Waals surface area contributed by atoms with E-state index >= 15 is 0 Å². The molecule has 0 amide bonds. The molecule has 1 fully saturated rings. The van der Waals surface area contributed by atoms with Crippen molar-refractivity contribution in [2.75, 3.05) is 19.6 Å². The van der Waals surface area contributed by atoms with Crippen molar-refractivity contribution in [3.63, 3.8) is 0 Å². The van der Waals surface area contributed by atoms with Gasteiger partial charge in [-0.3, -0.25) is 9.59 Å². The third-order valence-electron chi connectivity index (χ3n) is 4.52. The fraction of sp³-hybridized carbons (Fsp3) is 0.882. The van der Waals surface area contributed by atoms with E-state index < -0.39 is 25.7 Å². The Bertz CT molecular complexity index is 465. The number of carboxylic acid groups (broad SMARTS) is 2. The van der Waals surface area contributed by atoms with Crippen molar-refractivity contribution >= 4 is 19.8 Å². The predicted octanol–water partition coefficient (Wildman–Crippen LogP) is -0.696. The van der Waals surface area contributed by atoms with Crippen LogP contribution in [0.4, 0.5) is 0 Å². The summed E-state index contributed by atoms with van der Waals surface area (Å²) in [6, 6.07) is 0.879. The van der Waals surface area contributed by atoms with Gasteiger partial charge in [0.05, 0.1) is 7.82 Å². The summed E-state index contributed by atoms with van der Waals surface area (Å²) in [5.41, 5.74) is 11.3. The first kappa shape index (κ1) is 34.2. The normalized spacial score (nSPS) is 18.4. The molecule has 0 atom stereocenters. The van der Waals surface area contributed by atoms with Crippen LogP contribution in [0.2, 0.25) is 0 Å². The van der Waals surface area contributed by atoms with E-state index in [1.807, 2.05) is 0 Å². The number of aliphatic carboxylic acids is 2. The average molecular weight is 637 g/mol. The number of phosphoric acid groups is 1. The molecule has 0 unspecified atom stereocenters. The number of unbranched alkanes of at least 4 members (excludes halogenated alkanes) is 1. The molecule has 11 nitrogen and oxygen atoms in total. The van der Waals surface area contributed by atoms with Gasteiger partial charge >= 0.3 is 33.0 Å². The van der Waals surface area contributed by atoms with Gasteiger partial charge in [-0.05, 0) is 58.2 Å². The summed E-state index contributed by atoms with van der Waals surface area (Å²) >= 11 is 0. The molecular weight excluding hydrogens is 600 g/mol. The zero-order valence-corrected chi connectivity index (χ0v) is 20.7. The second-order valence-electron chi connectivity index (χ2n) is 6.90. The minimum Gasteiger partial charge on any atom is -0.790 e. The minimum atomic E-state index is -5.14. The summed E-state index contributed by atoms with van der Waals surface area (Å²) in [5, 5.41) is 17.3. The van der Waals surface area contributed by atoms with E-state index in [1.165, 1.54) is 0 Å². The molecule has 30 heavy (non-hydrogen) atoms. The molecule has 7 N–H and O–H groups in total. The van der Waals surface area contributed by atoms with Crippen molar-refractivity contribution < 1.29 is 60.1 Å². The van der Waals surface area contributed by atoms with Crippen LogP contribution in [-0.2, 0) is 35.2 Å². The maximum atomic E-state index is 10.6. The third-order valence-corrected chi connectivity index (χ3v) is 4.52. The smallest absolute Gasteiger partial charge is 0.790 e. The molecule has 0 saturated heterocycles. The maximum absolute atomic E-state index is 10.6. The van der Waals surface area contributed by atoms with Gasteiger partial charge in [0.2, 0.25) is 0 Å². The topological polar surface area (TPSA) is 213 Å². The Hall–Kier alpha value is -0.382. The average Bonchev–Trinajstić information content (AvgIpc) is 2.59. The number of nitrogens with two attached hydrogens (primary N) is 2. The van der Waals surface area contributed by atoms with E-state index in [0.29, 0.717) is 18.5 Å². The van der Waals surface area contributed by atoms with Crippen LogP contribution < -0.4 is 21.3 Å². The molecule has 182 valence electrons. The molecule has 0 aliphatic heterocycles. The van der Waals surface area contributed by atoms with E-state index in [0.717, 1.165) is 51.7 Å². The van der Waals surface area contributed by atoms with Gasteiger partial charge in [-0.2, -0.15) is 0 Å². The molecule has 0 heterocycles. The van der Waals surface area contributed by atoms with Crippen molar-refractivity contribution in [3.05, 3.63) is 0 Å². The molecule has 0 spiro atoms. The first-order valence-electron chi connectivity index (χ1n) is 9.75. The van der Waals surface area contributed by atoms with Gasteiger partial charge in [0.15, 0.2) is 5.92 Å². The van der Waals surface area contributed by atoms with E-state index in [9.17, 15) is 9.59 Å². The molecule has 1 rings (SSSR count). The molecule has 0 aromatic carbocycles. The fourth-order valence-corrected chi connectivity index (χ4v) is 2.72. The van der Waals surface area contributed by atoms with Crippen molar-refractivity contribution in [1.82, 2.24) is 4.90 Å². The quantitative estimate of drug-likeness (QED) is 0.121. The summed E-state index contributed by atoms with van der Waals surface area (Å²) in [6.45, 7) is 6.98. The molecule has 0 aromatic rings. The van der Waals surface area contributed by atoms with Crippen LogP contribution in [-0.4, -0.2) is 63.7 Å². The summed E-state index contributed by atoms with van der Waals surface area (Å²) in [7, 11) is -5.14. The minimum absolute atomic E-state index is 0. The van der Waals surface area contributed by atoms with Crippen LogP contribution >= 0.6 is 7.82 Å². The zero-order valence-electron chi connectivity index (χ0n) is 17.6. The largest absolute Gasteiger partial charge is 2.00 e. The standard InChI is InChI=1S/C11H21NO4.C6H14N2.H3O4P.Pt/c1-3-12(4-2)8-6-5-7-9(10(13)14)11(15)16;7-5-1-2-6(8)4-3-5;1-5(2,3)4;/h9H,3-8H2,1-2H3,(H,13,14)(H,15,16);5-6H,1-4,7-8H2;(H3,1,2,3,4);/q;;;+2/p-2/t;5-,6+;;. The second-order valence-corrected chi connectivity index (χ2v) is 7.83. The number of rotatable bonds is 9. The summed E-state index contributed by atoms with van der Waals surface area (Å²) < 4.78 is 8.66. The Morgan fingerprint density at radius 2 is 1.33 bits per heavy atom.